The summed E-state index contributed by atoms with van der Waals surface area (Å²) in [7, 11) is 4.10. The molecule has 4 heteroatoms. The Morgan fingerprint density at radius 3 is 1.50 bits per heavy atom. The SMILES string of the molecule is O=C(P)c1ccccc1C(=O)P. The van der Waals surface area contributed by atoms with Crippen LogP contribution in [-0.4, -0.2) is 11.0 Å². The van der Waals surface area contributed by atoms with Gasteiger partial charge in [0.15, 0.2) is 11.0 Å². The number of rotatable bonds is 2. The van der Waals surface area contributed by atoms with Crippen LogP contribution in [0.2, 0.25) is 0 Å². The molecule has 0 fully saturated rings. The van der Waals surface area contributed by atoms with Crippen molar-refractivity contribution < 1.29 is 9.59 Å². The van der Waals surface area contributed by atoms with E-state index in [2.05, 4.69) is 18.5 Å². The van der Waals surface area contributed by atoms with Gasteiger partial charge in [-0.15, -0.1) is 0 Å². The van der Waals surface area contributed by atoms with Crippen molar-refractivity contribution in [1.29, 1.82) is 0 Å². The quantitative estimate of drug-likeness (QED) is 0.678. The van der Waals surface area contributed by atoms with E-state index < -0.39 is 0 Å². The van der Waals surface area contributed by atoms with Crippen LogP contribution in [0, 0.1) is 0 Å². The largest absolute Gasteiger partial charge is 0.290 e. The number of carbonyl (C=O) groups is 2. The number of hydrogen-bond donors (Lipinski definition) is 0. The van der Waals surface area contributed by atoms with Gasteiger partial charge in [-0.1, -0.05) is 42.7 Å². The average molecular weight is 198 g/mol. The Bertz CT molecular complexity index is 301. The maximum absolute atomic E-state index is 11.0. The zero-order valence-corrected chi connectivity index (χ0v) is 8.59. The maximum Gasteiger partial charge on any atom is 0.178 e. The van der Waals surface area contributed by atoms with Crippen LogP contribution < -0.4 is 0 Å². The Labute approximate surface area is 75.1 Å². The third kappa shape index (κ3) is 1.97. The lowest BCUT2D eigenvalue weighted by Crippen LogP contribution is -1.98. The highest BCUT2D eigenvalue weighted by Gasteiger charge is 2.08. The maximum atomic E-state index is 11.0. The molecular weight excluding hydrogens is 190 g/mol. The predicted octanol–water partition coefficient (Wildman–Crippen LogP) is 1.72. The molecule has 2 unspecified atom stereocenters. The summed E-state index contributed by atoms with van der Waals surface area (Å²) in [6.45, 7) is 0. The fourth-order valence-electron chi connectivity index (χ4n) is 0.913. The minimum atomic E-state index is -0.165. The fraction of sp³-hybridized carbons (Fsp3) is 0. The molecule has 0 aromatic heterocycles. The van der Waals surface area contributed by atoms with Crippen LogP contribution in [0.5, 0.6) is 0 Å². The zero-order chi connectivity index (χ0) is 9.14. The summed E-state index contributed by atoms with van der Waals surface area (Å²) in [6, 6.07) is 6.72. The first kappa shape index (κ1) is 9.51. The fourth-order valence-corrected chi connectivity index (χ4v) is 1.42. The van der Waals surface area contributed by atoms with Crippen molar-refractivity contribution in [2.24, 2.45) is 0 Å². The highest BCUT2D eigenvalue weighted by molar-refractivity contribution is 7.42. The summed E-state index contributed by atoms with van der Waals surface area (Å²) in [4.78, 5) is 21.9. The molecule has 0 amide bonds. The molecule has 0 saturated carbocycles. The standard InChI is InChI=1S/C8H8O2P2/c9-7(11)5-3-1-2-4-6(5)8(10)12/h1-4H,11-12H2. The molecular formula is C8H8O2P2. The number of benzene rings is 1. The van der Waals surface area contributed by atoms with Crippen LogP contribution in [0.3, 0.4) is 0 Å². The van der Waals surface area contributed by atoms with E-state index >= 15 is 0 Å². The van der Waals surface area contributed by atoms with Gasteiger partial charge in [-0.25, -0.2) is 0 Å². The highest BCUT2D eigenvalue weighted by Crippen LogP contribution is 2.15. The Balaban J connectivity index is 3.27. The lowest BCUT2D eigenvalue weighted by atomic mass is 10.1. The molecule has 12 heavy (non-hydrogen) atoms. The molecule has 0 aliphatic carbocycles. The second-order valence-corrected chi connectivity index (χ2v) is 3.32. The van der Waals surface area contributed by atoms with Gasteiger partial charge in [0, 0.05) is 11.1 Å². The Kier molecular flexibility index (Phi) is 3.08. The average Bonchev–Trinajstić information content (AvgIpc) is 2.04. The first-order valence-corrected chi connectivity index (χ1v) is 4.47. The second-order valence-electron chi connectivity index (χ2n) is 2.27. The van der Waals surface area contributed by atoms with E-state index in [4.69, 9.17) is 0 Å². The third-order valence-corrected chi connectivity index (χ3v) is 2.08. The van der Waals surface area contributed by atoms with Gasteiger partial charge >= 0.3 is 0 Å². The normalized spacial score (nSPS) is 9.50. The molecule has 1 aromatic carbocycles. The predicted molar refractivity (Wildman–Crippen MR) is 54.5 cm³/mol. The van der Waals surface area contributed by atoms with Gasteiger partial charge in [0.05, 0.1) is 0 Å². The monoisotopic (exact) mass is 198 g/mol. The smallest absolute Gasteiger partial charge is 0.178 e. The molecule has 0 saturated heterocycles. The number of hydrogen-bond acceptors (Lipinski definition) is 2. The van der Waals surface area contributed by atoms with Gasteiger partial charge in [0.1, 0.15) is 0 Å². The van der Waals surface area contributed by atoms with E-state index in [0.717, 1.165) is 0 Å². The molecule has 0 spiro atoms. The van der Waals surface area contributed by atoms with Crippen LogP contribution in [0.25, 0.3) is 0 Å². The van der Waals surface area contributed by atoms with Crippen LogP contribution in [0.1, 0.15) is 20.7 Å². The molecule has 0 radical (unpaired) electrons. The van der Waals surface area contributed by atoms with Crippen LogP contribution in [-0.2, 0) is 0 Å². The van der Waals surface area contributed by atoms with Crippen molar-refractivity contribution in [3.05, 3.63) is 35.4 Å². The van der Waals surface area contributed by atoms with E-state index in [0.29, 0.717) is 11.1 Å². The van der Waals surface area contributed by atoms with Gasteiger partial charge in [-0.2, -0.15) is 0 Å². The summed E-state index contributed by atoms with van der Waals surface area (Å²) < 4.78 is 0. The van der Waals surface area contributed by atoms with E-state index in [1.54, 1.807) is 24.3 Å². The van der Waals surface area contributed by atoms with Gasteiger partial charge in [0.25, 0.3) is 0 Å². The van der Waals surface area contributed by atoms with Crippen molar-refractivity contribution in [3.63, 3.8) is 0 Å². The van der Waals surface area contributed by atoms with E-state index in [1.807, 2.05) is 0 Å². The van der Waals surface area contributed by atoms with Gasteiger partial charge < -0.3 is 0 Å². The van der Waals surface area contributed by atoms with Gasteiger partial charge in [0.2, 0.25) is 0 Å². The van der Waals surface area contributed by atoms with Crippen LogP contribution in [0.4, 0.5) is 0 Å². The molecule has 0 bridgehead atoms. The van der Waals surface area contributed by atoms with Gasteiger partial charge in [-0.3, -0.25) is 9.59 Å². The summed E-state index contributed by atoms with van der Waals surface area (Å²) >= 11 is 0. The highest BCUT2D eigenvalue weighted by atomic mass is 31.0. The number of carbonyl (C=O) groups excluding carboxylic acids is 2. The molecule has 62 valence electrons. The van der Waals surface area contributed by atoms with E-state index in [9.17, 15) is 9.59 Å². The molecule has 0 aliphatic rings. The van der Waals surface area contributed by atoms with E-state index in [1.165, 1.54) is 0 Å². The molecule has 1 aromatic rings. The van der Waals surface area contributed by atoms with Gasteiger partial charge in [-0.05, 0) is 0 Å². The summed E-state index contributed by atoms with van der Waals surface area (Å²) in [6.07, 6.45) is 0. The third-order valence-electron chi connectivity index (χ3n) is 1.46. The molecule has 0 N–H and O–H groups in total. The molecule has 2 atom stereocenters. The minimum Gasteiger partial charge on any atom is -0.290 e. The van der Waals surface area contributed by atoms with Crippen molar-refractivity contribution in [2.75, 3.05) is 0 Å². The molecule has 2 nitrogen and oxygen atoms in total. The van der Waals surface area contributed by atoms with Crippen molar-refractivity contribution in [3.8, 4) is 0 Å². The lowest BCUT2D eigenvalue weighted by Gasteiger charge is -2.00. The second kappa shape index (κ2) is 3.89. The molecule has 0 aliphatic heterocycles. The van der Waals surface area contributed by atoms with Crippen molar-refractivity contribution >= 4 is 29.5 Å². The topological polar surface area (TPSA) is 34.1 Å². The first-order chi connectivity index (χ1) is 5.63. The van der Waals surface area contributed by atoms with Crippen molar-refractivity contribution in [1.82, 2.24) is 0 Å². The Morgan fingerprint density at radius 1 is 0.917 bits per heavy atom. The zero-order valence-electron chi connectivity index (χ0n) is 6.28. The van der Waals surface area contributed by atoms with Crippen molar-refractivity contribution in [2.45, 2.75) is 0 Å². The van der Waals surface area contributed by atoms with Crippen LogP contribution >= 0.6 is 18.5 Å². The summed E-state index contributed by atoms with van der Waals surface area (Å²) in [5.41, 5.74) is 0.563. The minimum absolute atomic E-state index is 0.165. The summed E-state index contributed by atoms with van der Waals surface area (Å²) in [5.74, 6) is 0. The first-order valence-electron chi connectivity index (χ1n) is 3.31. The Morgan fingerprint density at radius 2 is 1.25 bits per heavy atom. The van der Waals surface area contributed by atoms with Crippen LogP contribution in [0.15, 0.2) is 24.3 Å². The molecule has 1 rings (SSSR count). The Hall–Kier alpha value is -0.580. The lowest BCUT2D eigenvalue weighted by molar-refractivity contribution is 0.105. The summed E-state index contributed by atoms with van der Waals surface area (Å²) in [5, 5.41) is 0. The van der Waals surface area contributed by atoms with E-state index in [-0.39, 0.29) is 11.0 Å². The molecule has 0 heterocycles.